The molecular formula is C17H24N2O4. The Hall–Kier alpha value is -2.11. The van der Waals surface area contributed by atoms with Crippen LogP contribution >= 0.6 is 0 Å². The second-order valence-electron chi connectivity index (χ2n) is 5.93. The van der Waals surface area contributed by atoms with Gasteiger partial charge in [-0.15, -0.1) is 0 Å². The first-order chi connectivity index (χ1) is 11.2. The molecule has 0 bridgehead atoms. The number of para-hydroxylation sites is 2. The summed E-state index contributed by atoms with van der Waals surface area (Å²) in [6.45, 7) is 0.295. The molecule has 2 rings (SSSR count). The summed E-state index contributed by atoms with van der Waals surface area (Å²) in [5.74, 6) is 0.296. The maximum Gasteiger partial charge on any atom is 0.310 e. The first kappa shape index (κ1) is 17.2. The number of carbonyl (C=O) groups excluding carboxylic acids is 1. The molecule has 126 valence electrons. The molecule has 0 radical (unpaired) electrons. The van der Waals surface area contributed by atoms with Gasteiger partial charge < -0.3 is 10.1 Å². The van der Waals surface area contributed by atoms with E-state index in [4.69, 9.17) is 4.74 Å². The lowest BCUT2D eigenvalue weighted by Crippen LogP contribution is -2.34. The summed E-state index contributed by atoms with van der Waals surface area (Å²) < 4.78 is 5.44. The molecule has 0 aliphatic heterocycles. The van der Waals surface area contributed by atoms with E-state index in [1.807, 2.05) is 0 Å². The molecule has 1 aliphatic rings. The molecule has 1 aliphatic carbocycles. The summed E-state index contributed by atoms with van der Waals surface area (Å²) in [4.78, 5) is 22.3. The first-order valence-corrected chi connectivity index (χ1v) is 8.32. The number of rotatable bonds is 7. The fourth-order valence-electron chi connectivity index (χ4n) is 2.87. The van der Waals surface area contributed by atoms with Crippen LogP contribution in [0.15, 0.2) is 24.3 Å². The quantitative estimate of drug-likeness (QED) is 0.360. The standard InChI is InChI=1S/C17H24N2O4/c20-17(18-14-8-3-1-2-4-9-14)12-7-13-23-16-11-6-5-10-15(16)19(21)22/h5-6,10-11,14H,1-4,7-9,12-13H2,(H,18,20). The van der Waals surface area contributed by atoms with E-state index in [-0.39, 0.29) is 17.3 Å². The van der Waals surface area contributed by atoms with Crippen LogP contribution in [0.5, 0.6) is 5.75 Å². The Morgan fingerprint density at radius 1 is 1.22 bits per heavy atom. The third-order valence-corrected chi connectivity index (χ3v) is 4.09. The highest BCUT2D eigenvalue weighted by Gasteiger charge is 2.15. The Balaban J connectivity index is 1.69. The molecule has 1 amide bonds. The normalized spacial score (nSPS) is 15.7. The largest absolute Gasteiger partial charge is 0.487 e. The Bertz CT molecular complexity index is 525. The molecule has 1 saturated carbocycles. The summed E-state index contributed by atoms with van der Waals surface area (Å²) >= 11 is 0. The van der Waals surface area contributed by atoms with E-state index in [2.05, 4.69) is 5.32 Å². The van der Waals surface area contributed by atoms with Gasteiger partial charge in [-0.3, -0.25) is 14.9 Å². The van der Waals surface area contributed by atoms with Crippen LogP contribution in [0.2, 0.25) is 0 Å². The van der Waals surface area contributed by atoms with E-state index in [1.54, 1.807) is 18.2 Å². The highest BCUT2D eigenvalue weighted by atomic mass is 16.6. The summed E-state index contributed by atoms with van der Waals surface area (Å²) in [5.41, 5.74) is -0.0459. The van der Waals surface area contributed by atoms with Gasteiger partial charge in [0.05, 0.1) is 11.5 Å². The number of nitrogens with zero attached hydrogens (tertiary/aromatic N) is 1. The maximum absolute atomic E-state index is 11.9. The highest BCUT2D eigenvalue weighted by molar-refractivity contribution is 5.76. The number of benzene rings is 1. The fraction of sp³-hybridized carbons (Fsp3) is 0.588. The van der Waals surface area contributed by atoms with Crippen molar-refractivity contribution in [3.63, 3.8) is 0 Å². The number of hydrogen-bond donors (Lipinski definition) is 1. The van der Waals surface area contributed by atoms with Gasteiger partial charge in [0.15, 0.2) is 5.75 Å². The van der Waals surface area contributed by atoms with Gasteiger partial charge in [-0.25, -0.2) is 0 Å². The lowest BCUT2D eigenvalue weighted by molar-refractivity contribution is -0.385. The van der Waals surface area contributed by atoms with Gasteiger partial charge in [0, 0.05) is 18.5 Å². The van der Waals surface area contributed by atoms with Crippen LogP contribution in [0.4, 0.5) is 5.69 Å². The number of carbonyl (C=O) groups is 1. The zero-order valence-electron chi connectivity index (χ0n) is 13.3. The van der Waals surface area contributed by atoms with Crippen molar-refractivity contribution in [2.24, 2.45) is 0 Å². The van der Waals surface area contributed by atoms with Crippen molar-refractivity contribution in [1.82, 2.24) is 5.32 Å². The lowest BCUT2D eigenvalue weighted by Gasteiger charge is -2.16. The zero-order chi connectivity index (χ0) is 16.5. The van der Waals surface area contributed by atoms with Gasteiger partial charge >= 0.3 is 5.69 Å². The van der Waals surface area contributed by atoms with Crippen molar-refractivity contribution in [3.8, 4) is 5.75 Å². The molecule has 0 aromatic heterocycles. The molecule has 0 heterocycles. The minimum absolute atomic E-state index is 0.0445. The Labute approximate surface area is 136 Å². The van der Waals surface area contributed by atoms with Crippen LogP contribution in [0.25, 0.3) is 0 Å². The number of nitro groups is 1. The second kappa shape index (κ2) is 9.12. The molecule has 1 N–H and O–H groups in total. The molecule has 0 unspecified atom stereocenters. The Morgan fingerprint density at radius 2 is 1.91 bits per heavy atom. The van der Waals surface area contributed by atoms with Crippen molar-refractivity contribution in [2.45, 2.75) is 57.4 Å². The van der Waals surface area contributed by atoms with E-state index in [0.717, 1.165) is 12.8 Å². The molecule has 1 aromatic carbocycles. The monoisotopic (exact) mass is 320 g/mol. The van der Waals surface area contributed by atoms with Gasteiger partial charge in [0.1, 0.15) is 0 Å². The van der Waals surface area contributed by atoms with Crippen LogP contribution in [-0.2, 0) is 4.79 Å². The zero-order valence-corrected chi connectivity index (χ0v) is 13.3. The first-order valence-electron chi connectivity index (χ1n) is 8.32. The molecule has 6 heteroatoms. The summed E-state index contributed by atoms with van der Waals surface area (Å²) in [5, 5.41) is 14.0. The molecule has 1 fully saturated rings. The highest BCUT2D eigenvalue weighted by Crippen LogP contribution is 2.25. The van der Waals surface area contributed by atoms with Crippen LogP contribution < -0.4 is 10.1 Å². The molecule has 0 saturated heterocycles. The average Bonchev–Trinajstić information content (AvgIpc) is 2.80. The minimum Gasteiger partial charge on any atom is -0.487 e. The van der Waals surface area contributed by atoms with E-state index < -0.39 is 4.92 Å². The van der Waals surface area contributed by atoms with E-state index in [9.17, 15) is 14.9 Å². The predicted molar refractivity (Wildman–Crippen MR) is 87.5 cm³/mol. The van der Waals surface area contributed by atoms with Gasteiger partial charge in [0.2, 0.25) is 5.91 Å². The topological polar surface area (TPSA) is 81.5 Å². The van der Waals surface area contributed by atoms with Crippen molar-refractivity contribution in [2.75, 3.05) is 6.61 Å². The summed E-state index contributed by atoms with van der Waals surface area (Å²) in [7, 11) is 0. The third-order valence-electron chi connectivity index (χ3n) is 4.09. The van der Waals surface area contributed by atoms with Gasteiger partial charge in [-0.2, -0.15) is 0 Å². The van der Waals surface area contributed by atoms with Crippen molar-refractivity contribution >= 4 is 11.6 Å². The molecular weight excluding hydrogens is 296 g/mol. The molecule has 0 atom stereocenters. The Kier molecular flexibility index (Phi) is 6.84. The van der Waals surface area contributed by atoms with E-state index >= 15 is 0 Å². The van der Waals surface area contributed by atoms with Crippen LogP contribution in [0, 0.1) is 10.1 Å². The Morgan fingerprint density at radius 3 is 2.61 bits per heavy atom. The van der Waals surface area contributed by atoms with Gasteiger partial charge in [-0.1, -0.05) is 37.8 Å². The summed E-state index contributed by atoms with van der Waals surface area (Å²) in [6, 6.07) is 6.59. The van der Waals surface area contributed by atoms with E-state index in [1.165, 1.54) is 31.7 Å². The van der Waals surface area contributed by atoms with Gasteiger partial charge in [-0.05, 0) is 25.3 Å². The van der Waals surface area contributed by atoms with Crippen molar-refractivity contribution in [1.29, 1.82) is 0 Å². The molecule has 23 heavy (non-hydrogen) atoms. The maximum atomic E-state index is 11.9. The van der Waals surface area contributed by atoms with Crippen LogP contribution in [0.1, 0.15) is 51.4 Å². The number of nitro benzene ring substituents is 1. The number of amides is 1. The molecule has 0 spiro atoms. The SMILES string of the molecule is O=C(CCCOc1ccccc1[N+](=O)[O-])NC1CCCCCC1. The predicted octanol–water partition coefficient (Wildman–Crippen LogP) is 3.59. The van der Waals surface area contributed by atoms with Crippen LogP contribution in [-0.4, -0.2) is 23.5 Å². The smallest absolute Gasteiger partial charge is 0.310 e. The molecule has 6 nitrogen and oxygen atoms in total. The van der Waals surface area contributed by atoms with E-state index in [0.29, 0.717) is 25.5 Å². The second-order valence-corrected chi connectivity index (χ2v) is 5.93. The van der Waals surface area contributed by atoms with Crippen molar-refractivity contribution < 1.29 is 14.5 Å². The number of ether oxygens (including phenoxy) is 1. The number of hydrogen-bond acceptors (Lipinski definition) is 4. The summed E-state index contributed by atoms with van der Waals surface area (Å²) in [6.07, 6.45) is 7.96. The average molecular weight is 320 g/mol. The lowest BCUT2D eigenvalue weighted by atomic mass is 10.1. The molecule has 1 aromatic rings. The van der Waals surface area contributed by atoms with Crippen molar-refractivity contribution in [3.05, 3.63) is 34.4 Å². The van der Waals surface area contributed by atoms with Crippen LogP contribution in [0.3, 0.4) is 0 Å². The fourth-order valence-corrected chi connectivity index (χ4v) is 2.87. The van der Waals surface area contributed by atoms with Gasteiger partial charge in [0.25, 0.3) is 0 Å². The third kappa shape index (κ3) is 5.88. The minimum atomic E-state index is -0.464. The number of nitrogens with one attached hydrogen (secondary N) is 1.